The van der Waals surface area contributed by atoms with E-state index in [1.54, 1.807) is 28.7 Å². The van der Waals surface area contributed by atoms with Crippen molar-refractivity contribution >= 4 is 28.8 Å². The third-order valence-electron chi connectivity index (χ3n) is 3.27. The number of hydrogen-bond acceptors (Lipinski definition) is 2. The molecule has 3 aromatic rings. The number of rotatable bonds is 2. The van der Waals surface area contributed by atoms with Crippen LogP contribution in [0.4, 0.5) is 5.69 Å². The normalized spacial score (nSPS) is 10.8. The Morgan fingerprint density at radius 3 is 2.62 bits per heavy atom. The summed E-state index contributed by atoms with van der Waals surface area (Å²) in [6, 6.07) is 10.9. The predicted octanol–water partition coefficient (Wildman–Crippen LogP) is 3.86. The molecular weight excluding hydrogens is 286 g/mol. The van der Waals surface area contributed by atoms with Crippen LogP contribution in [0.3, 0.4) is 0 Å². The van der Waals surface area contributed by atoms with E-state index < -0.39 is 0 Å². The van der Waals surface area contributed by atoms with Gasteiger partial charge in [-0.1, -0.05) is 11.6 Å². The maximum absolute atomic E-state index is 12.5. The van der Waals surface area contributed by atoms with Crippen molar-refractivity contribution in [2.75, 3.05) is 5.32 Å². The molecule has 0 bridgehead atoms. The van der Waals surface area contributed by atoms with E-state index in [1.165, 1.54) is 0 Å². The molecule has 1 aromatic carbocycles. The zero-order valence-corrected chi connectivity index (χ0v) is 12.5. The lowest BCUT2D eigenvalue weighted by molar-refractivity contribution is 0.102. The molecule has 0 spiro atoms. The molecule has 2 heterocycles. The van der Waals surface area contributed by atoms with Gasteiger partial charge in [0.25, 0.3) is 5.91 Å². The molecule has 5 heteroatoms. The largest absolute Gasteiger partial charge is 0.321 e. The molecule has 2 aromatic heterocycles. The van der Waals surface area contributed by atoms with Crippen LogP contribution in [-0.2, 0) is 0 Å². The summed E-state index contributed by atoms with van der Waals surface area (Å²) in [5, 5.41) is 3.49. The van der Waals surface area contributed by atoms with Crippen LogP contribution < -0.4 is 5.32 Å². The molecule has 0 aliphatic heterocycles. The molecular formula is C16H14ClN3O. The van der Waals surface area contributed by atoms with Gasteiger partial charge in [-0.25, -0.2) is 4.98 Å². The van der Waals surface area contributed by atoms with Crippen LogP contribution in [0.2, 0.25) is 5.02 Å². The molecule has 0 saturated carbocycles. The van der Waals surface area contributed by atoms with E-state index >= 15 is 0 Å². The van der Waals surface area contributed by atoms with Crippen LogP contribution in [-0.4, -0.2) is 15.3 Å². The second-order valence-corrected chi connectivity index (χ2v) is 5.38. The Bertz CT molecular complexity index is 821. The van der Waals surface area contributed by atoms with E-state index in [2.05, 4.69) is 10.3 Å². The Balaban J connectivity index is 1.97. The maximum atomic E-state index is 12.5. The number of nitrogens with one attached hydrogen (secondary N) is 1. The first-order chi connectivity index (χ1) is 10.0. The molecule has 0 aliphatic carbocycles. The van der Waals surface area contributed by atoms with Gasteiger partial charge < -0.3 is 5.32 Å². The van der Waals surface area contributed by atoms with Gasteiger partial charge in [0.05, 0.1) is 5.69 Å². The summed E-state index contributed by atoms with van der Waals surface area (Å²) in [6.07, 6.45) is 1.86. The lowest BCUT2D eigenvalue weighted by Gasteiger charge is -2.06. The number of amides is 1. The first kappa shape index (κ1) is 13.6. The molecule has 0 aliphatic rings. The van der Waals surface area contributed by atoms with Crippen molar-refractivity contribution in [3.63, 3.8) is 0 Å². The summed E-state index contributed by atoms with van der Waals surface area (Å²) in [5.74, 6) is -0.189. The van der Waals surface area contributed by atoms with Gasteiger partial charge in [0.2, 0.25) is 0 Å². The van der Waals surface area contributed by atoms with Crippen LogP contribution in [0.15, 0.2) is 42.6 Å². The smallest absolute Gasteiger partial charge is 0.274 e. The fourth-order valence-corrected chi connectivity index (χ4v) is 2.39. The molecule has 0 saturated heterocycles. The van der Waals surface area contributed by atoms with Crippen molar-refractivity contribution in [1.82, 2.24) is 9.38 Å². The number of anilines is 1. The van der Waals surface area contributed by atoms with Crippen LogP contribution in [0.1, 0.15) is 21.7 Å². The summed E-state index contributed by atoms with van der Waals surface area (Å²) in [7, 11) is 0. The quantitative estimate of drug-likeness (QED) is 0.781. The Morgan fingerprint density at radius 2 is 1.90 bits per heavy atom. The molecule has 21 heavy (non-hydrogen) atoms. The Kier molecular flexibility index (Phi) is 3.39. The molecule has 4 nitrogen and oxygen atoms in total. The highest BCUT2D eigenvalue weighted by Gasteiger charge is 2.16. The lowest BCUT2D eigenvalue weighted by Crippen LogP contribution is -2.15. The van der Waals surface area contributed by atoms with Gasteiger partial charge in [-0.05, 0) is 55.8 Å². The van der Waals surface area contributed by atoms with Crippen LogP contribution in [0, 0.1) is 13.8 Å². The average Bonchev–Trinajstić information content (AvgIpc) is 2.76. The molecule has 3 rings (SSSR count). The van der Waals surface area contributed by atoms with E-state index in [0.29, 0.717) is 22.1 Å². The molecule has 106 valence electrons. The first-order valence-electron chi connectivity index (χ1n) is 6.57. The third-order valence-corrected chi connectivity index (χ3v) is 3.53. The maximum Gasteiger partial charge on any atom is 0.274 e. The van der Waals surface area contributed by atoms with Gasteiger partial charge in [-0.15, -0.1) is 0 Å². The highest BCUT2D eigenvalue weighted by Crippen LogP contribution is 2.17. The van der Waals surface area contributed by atoms with Crippen molar-refractivity contribution in [2.45, 2.75) is 13.8 Å². The Labute approximate surface area is 127 Å². The van der Waals surface area contributed by atoms with Crippen LogP contribution >= 0.6 is 11.6 Å². The minimum absolute atomic E-state index is 0.189. The molecule has 1 N–H and O–H groups in total. The van der Waals surface area contributed by atoms with Crippen molar-refractivity contribution in [1.29, 1.82) is 0 Å². The second-order valence-electron chi connectivity index (χ2n) is 4.94. The lowest BCUT2D eigenvalue weighted by atomic mass is 10.2. The summed E-state index contributed by atoms with van der Waals surface area (Å²) in [4.78, 5) is 16.9. The fourth-order valence-electron chi connectivity index (χ4n) is 2.26. The van der Waals surface area contributed by atoms with Gasteiger partial charge in [-0.3, -0.25) is 9.20 Å². The van der Waals surface area contributed by atoms with Crippen LogP contribution in [0.25, 0.3) is 5.65 Å². The first-order valence-corrected chi connectivity index (χ1v) is 6.94. The summed E-state index contributed by atoms with van der Waals surface area (Å²) < 4.78 is 1.80. The van der Waals surface area contributed by atoms with E-state index in [-0.39, 0.29) is 5.91 Å². The van der Waals surface area contributed by atoms with Gasteiger partial charge in [-0.2, -0.15) is 0 Å². The third kappa shape index (κ3) is 2.62. The predicted molar refractivity (Wildman–Crippen MR) is 84.1 cm³/mol. The zero-order valence-electron chi connectivity index (χ0n) is 11.7. The van der Waals surface area contributed by atoms with Crippen molar-refractivity contribution < 1.29 is 4.79 Å². The summed E-state index contributed by atoms with van der Waals surface area (Å²) in [5.41, 5.74) is 3.82. The molecule has 1 amide bonds. The van der Waals surface area contributed by atoms with Gasteiger partial charge >= 0.3 is 0 Å². The number of imidazole rings is 1. The van der Waals surface area contributed by atoms with Gasteiger partial charge in [0, 0.05) is 16.9 Å². The number of fused-ring (bicyclic) bond motifs is 1. The van der Waals surface area contributed by atoms with Crippen molar-refractivity contribution in [2.24, 2.45) is 0 Å². The van der Waals surface area contributed by atoms with E-state index in [9.17, 15) is 4.79 Å². The minimum atomic E-state index is -0.189. The Hall–Kier alpha value is -2.33. The number of aryl methyl sites for hydroxylation is 2. The number of carbonyl (C=O) groups excluding carboxylic acids is 1. The van der Waals surface area contributed by atoms with E-state index in [1.807, 2.05) is 32.2 Å². The molecule has 0 unspecified atom stereocenters. The Morgan fingerprint density at radius 1 is 1.19 bits per heavy atom. The minimum Gasteiger partial charge on any atom is -0.321 e. The van der Waals surface area contributed by atoms with Gasteiger partial charge in [0.1, 0.15) is 11.3 Å². The fraction of sp³-hybridized carbons (Fsp3) is 0.125. The molecule has 0 radical (unpaired) electrons. The van der Waals surface area contributed by atoms with E-state index in [4.69, 9.17) is 11.6 Å². The highest BCUT2D eigenvalue weighted by atomic mass is 35.5. The summed E-state index contributed by atoms with van der Waals surface area (Å²) in [6.45, 7) is 3.83. The van der Waals surface area contributed by atoms with Crippen LogP contribution in [0.5, 0.6) is 0 Å². The molecule has 0 atom stereocenters. The molecule has 0 fully saturated rings. The van der Waals surface area contributed by atoms with E-state index in [0.717, 1.165) is 11.2 Å². The number of nitrogens with zero attached hydrogens (tertiary/aromatic N) is 2. The summed E-state index contributed by atoms with van der Waals surface area (Å²) >= 11 is 5.84. The number of carbonyl (C=O) groups is 1. The van der Waals surface area contributed by atoms with Gasteiger partial charge in [0.15, 0.2) is 0 Å². The number of pyridine rings is 1. The van der Waals surface area contributed by atoms with Crippen molar-refractivity contribution in [3.8, 4) is 0 Å². The zero-order chi connectivity index (χ0) is 15.0. The average molecular weight is 300 g/mol. The topological polar surface area (TPSA) is 46.4 Å². The number of hydrogen-bond donors (Lipinski definition) is 1. The highest BCUT2D eigenvalue weighted by molar-refractivity contribution is 6.30. The van der Waals surface area contributed by atoms with Crippen molar-refractivity contribution in [3.05, 3.63) is 64.6 Å². The number of halogens is 1. The monoisotopic (exact) mass is 299 g/mol. The second kappa shape index (κ2) is 5.22. The standard InChI is InChI=1S/C16H14ClN3O/c1-10-7-8-20-14(9-10)18-11(2)15(20)16(21)19-13-5-3-12(17)4-6-13/h3-9H,1-2H3,(H,19,21). The number of benzene rings is 1. The SMILES string of the molecule is Cc1ccn2c(C(=O)Nc3ccc(Cl)cc3)c(C)nc2c1. The number of aromatic nitrogens is 2.